The van der Waals surface area contributed by atoms with Crippen molar-refractivity contribution >= 4 is 49.4 Å². The van der Waals surface area contributed by atoms with E-state index in [9.17, 15) is 4.79 Å². The van der Waals surface area contributed by atoms with Gasteiger partial charge in [0.25, 0.3) is 5.91 Å². The van der Waals surface area contributed by atoms with Crippen LogP contribution in [0.4, 0.5) is 5.69 Å². The standard InChI is InChI=1S/C24H15BrN2O2/c25-20-11-4-3-9-19(20)24-27-21-14-16(12-13-22(21)29-24)26-23(28)18-10-5-7-15-6-1-2-8-17(15)18/h1-14H,(H,26,28). The fourth-order valence-electron chi connectivity index (χ4n) is 3.38. The van der Waals surface area contributed by atoms with E-state index in [4.69, 9.17) is 4.42 Å². The number of amides is 1. The van der Waals surface area contributed by atoms with E-state index in [0.29, 0.717) is 28.2 Å². The summed E-state index contributed by atoms with van der Waals surface area (Å²) in [6.07, 6.45) is 0. The SMILES string of the molecule is O=C(Nc1ccc2oc(-c3ccccc3Br)nc2c1)c1cccc2ccccc12. The van der Waals surface area contributed by atoms with Gasteiger partial charge < -0.3 is 9.73 Å². The van der Waals surface area contributed by atoms with Crippen LogP contribution in [0.1, 0.15) is 10.4 Å². The molecule has 0 bridgehead atoms. The molecule has 0 aliphatic rings. The third-order valence-electron chi connectivity index (χ3n) is 4.78. The molecule has 0 unspecified atom stereocenters. The van der Waals surface area contributed by atoms with Gasteiger partial charge in [-0.3, -0.25) is 4.79 Å². The number of carbonyl (C=O) groups excluding carboxylic acids is 1. The minimum Gasteiger partial charge on any atom is -0.436 e. The van der Waals surface area contributed by atoms with Gasteiger partial charge in [-0.15, -0.1) is 0 Å². The maximum absolute atomic E-state index is 12.9. The lowest BCUT2D eigenvalue weighted by molar-refractivity contribution is 0.102. The van der Waals surface area contributed by atoms with Gasteiger partial charge in [0.05, 0.1) is 5.56 Å². The number of hydrogen-bond donors (Lipinski definition) is 1. The van der Waals surface area contributed by atoms with E-state index in [0.717, 1.165) is 20.8 Å². The van der Waals surface area contributed by atoms with Crippen LogP contribution in [0.15, 0.2) is 93.8 Å². The van der Waals surface area contributed by atoms with Gasteiger partial charge in [-0.25, -0.2) is 4.98 Å². The normalized spacial score (nSPS) is 11.1. The van der Waals surface area contributed by atoms with Crippen LogP contribution in [0.25, 0.3) is 33.3 Å². The monoisotopic (exact) mass is 442 g/mol. The van der Waals surface area contributed by atoms with Crippen LogP contribution < -0.4 is 5.32 Å². The number of aromatic nitrogens is 1. The molecule has 5 heteroatoms. The van der Waals surface area contributed by atoms with Gasteiger partial charge in [-0.2, -0.15) is 0 Å². The van der Waals surface area contributed by atoms with Crippen molar-refractivity contribution in [1.82, 2.24) is 4.98 Å². The molecule has 0 fully saturated rings. The number of oxazole rings is 1. The predicted molar refractivity (Wildman–Crippen MR) is 119 cm³/mol. The van der Waals surface area contributed by atoms with E-state index in [1.807, 2.05) is 84.9 Å². The van der Waals surface area contributed by atoms with Gasteiger partial charge in [0, 0.05) is 15.7 Å². The van der Waals surface area contributed by atoms with Crippen molar-refractivity contribution in [3.05, 3.63) is 95.0 Å². The van der Waals surface area contributed by atoms with Gasteiger partial charge in [-0.1, -0.05) is 48.5 Å². The molecule has 1 heterocycles. The van der Waals surface area contributed by atoms with Gasteiger partial charge in [0.2, 0.25) is 5.89 Å². The summed E-state index contributed by atoms with van der Waals surface area (Å²) < 4.78 is 6.80. The van der Waals surface area contributed by atoms with Crippen molar-refractivity contribution in [3.8, 4) is 11.5 Å². The van der Waals surface area contributed by atoms with Crippen LogP contribution in [0.2, 0.25) is 0 Å². The Morgan fingerprint density at radius 1 is 0.897 bits per heavy atom. The Hall–Kier alpha value is -3.44. The molecule has 1 N–H and O–H groups in total. The summed E-state index contributed by atoms with van der Waals surface area (Å²) in [5.74, 6) is 0.376. The van der Waals surface area contributed by atoms with Crippen LogP contribution in [-0.4, -0.2) is 10.9 Å². The molecule has 140 valence electrons. The summed E-state index contributed by atoms with van der Waals surface area (Å²) >= 11 is 3.53. The number of benzene rings is 4. The lowest BCUT2D eigenvalue weighted by Crippen LogP contribution is -2.12. The summed E-state index contributed by atoms with van der Waals surface area (Å²) in [6.45, 7) is 0. The quantitative estimate of drug-likeness (QED) is 0.339. The number of nitrogens with one attached hydrogen (secondary N) is 1. The van der Waals surface area contributed by atoms with Crippen molar-refractivity contribution in [3.63, 3.8) is 0 Å². The zero-order valence-electron chi connectivity index (χ0n) is 15.2. The minimum absolute atomic E-state index is 0.157. The first-order valence-electron chi connectivity index (χ1n) is 9.14. The van der Waals surface area contributed by atoms with Crippen LogP contribution >= 0.6 is 15.9 Å². The number of anilines is 1. The second kappa shape index (κ2) is 7.18. The van der Waals surface area contributed by atoms with E-state index < -0.39 is 0 Å². The van der Waals surface area contributed by atoms with Crippen LogP contribution in [0.5, 0.6) is 0 Å². The number of hydrogen-bond acceptors (Lipinski definition) is 3. The molecule has 1 aromatic heterocycles. The molecular weight excluding hydrogens is 428 g/mol. The minimum atomic E-state index is -0.157. The molecule has 5 rings (SSSR count). The average molecular weight is 443 g/mol. The van der Waals surface area contributed by atoms with Crippen molar-refractivity contribution < 1.29 is 9.21 Å². The van der Waals surface area contributed by atoms with Gasteiger partial charge in [0.1, 0.15) is 5.52 Å². The molecule has 0 aliphatic heterocycles. The third kappa shape index (κ3) is 3.30. The first kappa shape index (κ1) is 17.6. The second-order valence-electron chi connectivity index (χ2n) is 6.66. The van der Waals surface area contributed by atoms with E-state index in [-0.39, 0.29) is 5.91 Å². The van der Waals surface area contributed by atoms with Crippen molar-refractivity contribution in [2.24, 2.45) is 0 Å². The zero-order chi connectivity index (χ0) is 19.8. The first-order chi connectivity index (χ1) is 14.2. The maximum Gasteiger partial charge on any atom is 0.256 e. The molecule has 0 saturated heterocycles. The largest absolute Gasteiger partial charge is 0.436 e. The van der Waals surface area contributed by atoms with Crippen LogP contribution in [0.3, 0.4) is 0 Å². The molecule has 0 aliphatic carbocycles. The highest BCUT2D eigenvalue weighted by molar-refractivity contribution is 9.10. The van der Waals surface area contributed by atoms with Gasteiger partial charge >= 0.3 is 0 Å². The molecule has 0 atom stereocenters. The Kier molecular flexibility index (Phi) is 4.37. The molecule has 5 aromatic rings. The highest BCUT2D eigenvalue weighted by atomic mass is 79.9. The molecule has 29 heavy (non-hydrogen) atoms. The van der Waals surface area contributed by atoms with E-state index in [1.54, 1.807) is 0 Å². The molecule has 0 radical (unpaired) electrons. The Bertz CT molecular complexity index is 1370. The number of rotatable bonds is 3. The van der Waals surface area contributed by atoms with Crippen molar-refractivity contribution in [1.29, 1.82) is 0 Å². The van der Waals surface area contributed by atoms with Crippen molar-refractivity contribution in [2.75, 3.05) is 5.32 Å². The summed E-state index contributed by atoms with van der Waals surface area (Å²) in [4.78, 5) is 17.5. The number of fused-ring (bicyclic) bond motifs is 2. The highest BCUT2D eigenvalue weighted by Gasteiger charge is 2.13. The highest BCUT2D eigenvalue weighted by Crippen LogP contribution is 2.31. The Labute approximate surface area is 175 Å². The van der Waals surface area contributed by atoms with E-state index >= 15 is 0 Å². The molecule has 0 saturated carbocycles. The van der Waals surface area contributed by atoms with E-state index in [1.165, 1.54) is 0 Å². The number of halogens is 1. The predicted octanol–water partition coefficient (Wildman–Crippen LogP) is 6.66. The second-order valence-corrected chi connectivity index (χ2v) is 7.52. The van der Waals surface area contributed by atoms with Crippen LogP contribution in [0, 0.1) is 0 Å². The third-order valence-corrected chi connectivity index (χ3v) is 5.48. The van der Waals surface area contributed by atoms with Gasteiger partial charge in [-0.05, 0) is 63.1 Å². The fourth-order valence-corrected chi connectivity index (χ4v) is 3.83. The number of nitrogens with zero attached hydrogens (tertiary/aromatic N) is 1. The molecular formula is C24H15BrN2O2. The summed E-state index contributed by atoms with van der Waals surface area (Å²) in [7, 11) is 0. The van der Waals surface area contributed by atoms with E-state index in [2.05, 4.69) is 26.2 Å². The fraction of sp³-hybridized carbons (Fsp3) is 0. The Morgan fingerprint density at radius 3 is 2.59 bits per heavy atom. The summed E-state index contributed by atoms with van der Waals surface area (Å²) in [5, 5.41) is 4.93. The molecule has 4 aromatic carbocycles. The summed E-state index contributed by atoms with van der Waals surface area (Å²) in [5.41, 5.74) is 3.54. The average Bonchev–Trinajstić information content (AvgIpc) is 3.16. The summed E-state index contributed by atoms with van der Waals surface area (Å²) in [6, 6.07) is 26.8. The molecule has 4 nitrogen and oxygen atoms in total. The van der Waals surface area contributed by atoms with Crippen molar-refractivity contribution in [2.45, 2.75) is 0 Å². The van der Waals surface area contributed by atoms with Gasteiger partial charge in [0.15, 0.2) is 5.58 Å². The topological polar surface area (TPSA) is 55.1 Å². The zero-order valence-corrected chi connectivity index (χ0v) is 16.8. The first-order valence-corrected chi connectivity index (χ1v) is 9.93. The lowest BCUT2D eigenvalue weighted by atomic mass is 10.0. The Morgan fingerprint density at radius 2 is 1.69 bits per heavy atom. The lowest BCUT2D eigenvalue weighted by Gasteiger charge is -2.08. The molecule has 1 amide bonds. The Balaban J connectivity index is 1.48. The van der Waals surface area contributed by atoms with Crippen LogP contribution in [-0.2, 0) is 0 Å². The molecule has 0 spiro atoms. The smallest absolute Gasteiger partial charge is 0.256 e. The number of carbonyl (C=O) groups is 1. The maximum atomic E-state index is 12.9.